The summed E-state index contributed by atoms with van der Waals surface area (Å²) in [6.45, 7) is 7.71. The predicted octanol–water partition coefficient (Wildman–Crippen LogP) is 2.38. The van der Waals surface area contributed by atoms with Crippen LogP contribution in [-0.2, 0) is 14.9 Å². The second kappa shape index (κ2) is 5.96. The first-order valence-corrected chi connectivity index (χ1v) is 7.00. The molecule has 1 N–H and O–H groups in total. The van der Waals surface area contributed by atoms with Gasteiger partial charge in [0, 0.05) is 23.4 Å². The first-order chi connectivity index (χ1) is 8.18. The summed E-state index contributed by atoms with van der Waals surface area (Å²) in [5.74, 6) is 0. The minimum atomic E-state index is 0.194. The van der Waals surface area contributed by atoms with Crippen molar-refractivity contribution in [2.75, 3.05) is 26.5 Å². The third kappa shape index (κ3) is 3.78. The molecule has 96 valence electrons. The lowest BCUT2D eigenvalue weighted by Crippen LogP contribution is -2.39. The van der Waals surface area contributed by atoms with Crippen molar-refractivity contribution in [2.45, 2.75) is 31.8 Å². The van der Waals surface area contributed by atoms with Gasteiger partial charge in [0.15, 0.2) is 0 Å². The molecule has 1 aliphatic rings. The molecule has 1 aliphatic heterocycles. The van der Waals surface area contributed by atoms with Crippen molar-refractivity contribution in [1.82, 2.24) is 5.32 Å². The van der Waals surface area contributed by atoms with Crippen molar-refractivity contribution in [3.8, 4) is 0 Å². The number of hydrogen-bond acceptors (Lipinski definition) is 4. The molecule has 2 rings (SSSR count). The number of rotatable bonds is 5. The number of hydrogen-bond donors (Lipinski definition) is 1. The first kappa shape index (κ1) is 13.0. The highest BCUT2D eigenvalue weighted by molar-refractivity contribution is 7.10. The van der Waals surface area contributed by atoms with Crippen LogP contribution in [0.15, 0.2) is 17.5 Å². The van der Waals surface area contributed by atoms with Crippen molar-refractivity contribution in [1.29, 1.82) is 0 Å². The van der Waals surface area contributed by atoms with Crippen molar-refractivity contribution < 1.29 is 9.47 Å². The summed E-state index contributed by atoms with van der Waals surface area (Å²) in [5, 5.41) is 5.65. The Hall–Kier alpha value is -0.420. The number of nitrogens with one attached hydrogen (secondary N) is 1. The molecule has 1 aromatic rings. The van der Waals surface area contributed by atoms with Crippen molar-refractivity contribution in [3.05, 3.63) is 22.4 Å². The van der Waals surface area contributed by atoms with Crippen molar-refractivity contribution in [2.24, 2.45) is 0 Å². The van der Waals surface area contributed by atoms with Gasteiger partial charge in [0.2, 0.25) is 0 Å². The largest absolute Gasteiger partial charge is 0.355 e. The molecule has 0 bridgehead atoms. The van der Waals surface area contributed by atoms with Gasteiger partial charge >= 0.3 is 0 Å². The van der Waals surface area contributed by atoms with Gasteiger partial charge in [-0.25, -0.2) is 0 Å². The molecule has 1 atom stereocenters. The van der Waals surface area contributed by atoms with Gasteiger partial charge in [-0.15, -0.1) is 11.3 Å². The van der Waals surface area contributed by atoms with Crippen LogP contribution in [0.2, 0.25) is 0 Å². The van der Waals surface area contributed by atoms with Crippen LogP contribution in [0.4, 0.5) is 0 Å². The first-order valence-electron chi connectivity index (χ1n) is 6.12. The summed E-state index contributed by atoms with van der Waals surface area (Å²) in [5.41, 5.74) is 0.194. The Morgan fingerprint density at radius 2 is 2.41 bits per heavy atom. The highest BCUT2D eigenvalue weighted by Crippen LogP contribution is 2.26. The highest BCUT2D eigenvalue weighted by Gasteiger charge is 2.22. The normalized spacial score (nSPS) is 21.6. The Morgan fingerprint density at radius 3 is 3.06 bits per heavy atom. The van der Waals surface area contributed by atoms with Gasteiger partial charge in [-0.1, -0.05) is 19.9 Å². The average Bonchev–Trinajstić information content (AvgIpc) is 2.84. The van der Waals surface area contributed by atoms with Crippen LogP contribution in [0.3, 0.4) is 0 Å². The standard InChI is InChI=1S/C13H21NO2S/c1-13(2,12-4-3-7-17-12)9-14-8-11-5-6-15-10-16-11/h3-4,7,11,14H,5-6,8-10H2,1-2H3. The van der Waals surface area contributed by atoms with Crippen LogP contribution < -0.4 is 5.32 Å². The SMILES string of the molecule is CC(C)(CNCC1CCOCO1)c1cccs1. The van der Waals surface area contributed by atoms with E-state index in [1.54, 1.807) is 0 Å². The Kier molecular flexibility index (Phi) is 4.56. The molecular formula is C13H21NO2S. The fourth-order valence-corrected chi connectivity index (χ4v) is 2.81. The molecule has 4 heteroatoms. The molecule has 17 heavy (non-hydrogen) atoms. The van der Waals surface area contributed by atoms with Crippen LogP contribution in [0, 0.1) is 0 Å². The van der Waals surface area contributed by atoms with Crippen LogP contribution in [-0.4, -0.2) is 32.6 Å². The summed E-state index contributed by atoms with van der Waals surface area (Å²) >= 11 is 1.82. The van der Waals surface area contributed by atoms with E-state index in [2.05, 4.69) is 36.7 Å². The maximum atomic E-state index is 5.50. The average molecular weight is 255 g/mol. The molecule has 1 fully saturated rings. The molecule has 0 amide bonds. The molecule has 0 saturated carbocycles. The third-order valence-electron chi connectivity index (χ3n) is 3.10. The van der Waals surface area contributed by atoms with E-state index in [1.807, 2.05) is 11.3 Å². The van der Waals surface area contributed by atoms with E-state index in [0.29, 0.717) is 12.9 Å². The Balaban J connectivity index is 1.74. The van der Waals surface area contributed by atoms with Gasteiger partial charge in [-0.3, -0.25) is 0 Å². The maximum Gasteiger partial charge on any atom is 0.147 e. The van der Waals surface area contributed by atoms with Gasteiger partial charge in [-0.2, -0.15) is 0 Å². The zero-order valence-electron chi connectivity index (χ0n) is 10.6. The van der Waals surface area contributed by atoms with Crippen LogP contribution in [0.25, 0.3) is 0 Å². The van der Waals surface area contributed by atoms with E-state index in [9.17, 15) is 0 Å². The zero-order chi connectivity index (χ0) is 12.1. The molecule has 2 heterocycles. The van der Waals surface area contributed by atoms with Crippen LogP contribution in [0.5, 0.6) is 0 Å². The zero-order valence-corrected chi connectivity index (χ0v) is 11.4. The second-order valence-electron chi connectivity index (χ2n) is 5.10. The van der Waals surface area contributed by atoms with Gasteiger partial charge in [0.1, 0.15) is 6.79 Å². The van der Waals surface area contributed by atoms with Gasteiger partial charge in [0.25, 0.3) is 0 Å². The summed E-state index contributed by atoms with van der Waals surface area (Å²) < 4.78 is 10.7. The van der Waals surface area contributed by atoms with E-state index < -0.39 is 0 Å². The minimum Gasteiger partial charge on any atom is -0.355 e. The quantitative estimate of drug-likeness (QED) is 0.876. The molecule has 0 aromatic carbocycles. The van der Waals surface area contributed by atoms with Crippen LogP contribution in [0.1, 0.15) is 25.1 Å². The summed E-state index contributed by atoms with van der Waals surface area (Å²) in [4.78, 5) is 1.43. The van der Waals surface area contributed by atoms with E-state index >= 15 is 0 Å². The highest BCUT2D eigenvalue weighted by atomic mass is 32.1. The van der Waals surface area contributed by atoms with Gasteiger partial charge in [0.05, 0.1) is 12.7 Å². The Bertz CT molecular complexity index is 318. The molecular weight excluding hydrogens is 234 g/mol. The predicted molar refractivity (Wildman–Crippen MR) is 70.5 cm³/mol. The monoisotopic (exact) mass is 255 g/mol. The van der Waals surface area contributed by atoms with Crippen molar-refractivity contribution >= 4 is 11.3 Å². The van der Waals surface area contributed by atoms with Crippen molar-refractivity contribution in [3.63, 3.8) is 0 Å². The Morgan fingerprint density at radius 1 is 1.53 bits per heavy atom. The van der Waals surface area contributed by atoms with E-state index in [1.165, 1.54) is 4.88 Å². The third-order valence-corrected chi connectivity index (χ3v) is 4.33. The topological polar surface area (TPSA) is 30.5 Å². The molecule has 1 saturated heterocycles. The lowest BCUT2D eigenvalue weighted by Gasteiger charge is -2.27. The minimum absolute atomic E-state index is 0.194. The molecule has 0 radical (unpaired) electrons. The molecule has 3 nitrogen and oxygen atoms in total. The smallest absolute Gasteiger partial charge is 0.147 e. The van der Waals surface area contributed by atoms with Crippen LogP contribution >= 0.6 is 11.3 Å². The summed E-state index contributed by atoms with van der Waals surface area (Å²) in [6, 6.07) is 4.32. The number of ether oxygens (including phenoxy) is 2. The lowest BCUT2D eigenvalue weighted by atomic mass is 9.91. The second-order valence-corrected chi connectivity index (χ2v) is 6.04. The summed E-state index contributed by atoms with van der Waals surface area (Å²) in [7, 11) is 0. The number of thiophene rings is 1. The molecule has 0 spiro atoms. The molecule has 1 unspecified atom stereocenters. The maximum absolute atomic E-state index is 5.50. The lowest BCUT2D eigenvalue weighted by molar-refractivity contribution is -0.137. The van der Waals surface area contributed by atoms with Gasteiger partial charge in [-0.05, 0) is 17.9 Å². The van der Waals surface area contributed by atoms with Gasteiger partial charge < -0.3 is 14.8 Å². The van der Waals surface area contributed by atoms with E-state index in [-0.39, 0.29) is 5.41 Å². The summed E-state index contributed by atoms with van der Waals surface area (Å²) in [6.07, 6.45) is 1.30. The fourth-order valence-electron chi connectivity index (χ4n) is 1.96. The molecule has 1 aromatic heterocycles. The molecule has 0 aliphatic carbocycles. The van der Waals surface area contributed by atoms with E-state index in [0.717, 1.165) is 26.1 Å². The Labute approximate surface area is 107 Å². The fraction of sp³-hybridized carbons (Fsp3) is 0.692. The van der Waals surface area contributed by atoms with E-state index in [4.69, 9.17) is 9.47 Å².